The number of aryl methyl sites for hydroxylation is 1. The fourth-order valence-corrected chi connectivity index (χ4v) is 2.59. The lowest BCUT2D eigenvalue weighted by molar-refractivity contribution is -0.115. The Kier molecular flexibility index (Phi) is 5.76. The zero-order valence-electron chi connectivity index (χ0n) is 12.5. The summed E-state index contributed by atoms with van der Waals surface area (Å²) in [5, 5.41) is 2.84. The van der Waals surface area contributed by atoms with Crippen LogP contribution in [0.25, 0.3) is 0 Å². The number of ether oxygens (including phenoxy) is 1. The monoisotopic (exact) mass is 413 g/mol. The van der Waals surface area contributed by atoms with Crippen LogP contribution in [0.4, 0.5) is 10.1 Å². The van der Waals surface area contributed by atoms with Crippen molar-refractivity contribution < 1.29 is 13.9 Å². The van der Waals surface area contributed by atoms with E-state index >= 15 is 0 Å². The third-order valence-electron chi connectivity index (χ3n) is 3.17. The third-order valence-corrected chi connectivity index (χ3v) is 4.18. The molecule has 0 fully saturated rings. The SMILES string of the molecule is CCC(=O)Nc1cccc(I)c1COc1ccc(C)cc1F. The van der Waals surface area contributed by atoms with Gasteiger partial charge in [0.25, 0.3) is 0 Å². The van der Waals surface area contributed by atoms with Crippen LogP contribution < -0.4 is 10.1 Å². The molecule has 0 radical (unpaired) electrons. The summed E-state index contributed by atoms with van der Waals surface area (Å²) in [5.41, 5.74) is 2.38. The molecule has 1 N–H and O–H groups in total. The van der Waals surface area contributed by atoms with Gasteiger partial charge in [-0.15, -0.1) is 0 Å². The Morgan fingerprint density at radius 3 is 2.77 bits per heavy atom. The van der Waals surface area contributed by atoms with Crippen LogP contribution in [0.1, 0.15) is 24.5 Å². The molecule has 0 heterocycles. The first kappa shape index (κ1) is 16.7. The molecule has 0 bridgehead atoms. The van der Waals surface area contributed by atoms with Crippen molar-refractivity contribution in [2.75, 3.05) is 5.32 Å². The molecule has 1 amide bonds. The number of amides is 1. The van der Waals surface area contributed by atoms with Gasteiger partial charge < -0.3 is 10.1 Å². The van der Waals surface area contributed by atoms with E-state index in [0.717, 1.165) is 14.7 Å². The fourth-order valence-electron chi connectivity index (χ4n) is 1.93. The minimum absolute atomic E-state index is 0.0650. The second-order valence-electron chi connectivity index (χ2n) is 4.89. The first-order chi connectivity index (χ1) is 10.5. The highest BCUT2D eigenvalue weighted by atomic mass is 127. The van der Waals surface area contributed by atoms with Gasteiger partial charge >= 0.3 is 0 Å². The van der Waals surface area contributed by atoms with Crippen LogP contribution in [0.2, 0.25) is 0 Å². The maximum absolute atomic E-state index is 13.8. The maximum Gasteiger partial charge on any atom is 0.224 e. The molecule has 2 aromatic carbocycles. The summed E-state index contributed by atoms with van der Waals surface area (Å²) in [6.07, 6.45) is 0.401. The molecule has 22 heavy (non-hydrogen) atoms. The fraction of sp³-hybridized carbons (Fsp3) is 0.235. The van der Waals surface area contributed by atoms with Gasteiger partial charge in [0.2, 0.25) is 5.91 Å². The molecule has 2 rings (SSSR count). The normalized spacial score (nSPS) is 10.4. The number of hydrogen-bond acceptors (Lipinski definition) is 2. The van der Waals surface area contributed by atoms with Crippen molar-refractivity contribution in [2.45, 2.75) is 26.9 Å². The molecule has 0 aliphatic carbocycles. The van der Waals surface area contributed by atoms with E-state index < -0.39 is 0 Å². The van der Waals surface area contributed by atoms with Crippen LogP contribution in [0.15, 0.2) is 36.4 Å². The number of carbonyl (C=O) groups excluding carboxylic acids is 1. The molecule has 0 aromatic heterocycles. The highest BCUT2D eigenvalue weighted by Gasteiger charge is 2.11. The van der Waals surface area contributed by atoms with E-state index in [9.17, 15) is 9.18 Å². The van der Waals surface area contributed by atoms with E-state index in [1.807, 2.05) is 25.1 Å². The van der Waals surface area contributed by atoms with Crippen LogP contribution in [0.3, 0.4) is 0 Å². The zero-order chi connectivity index (χ0) is 16.1. The minimum Gasteiger partial charge on any atom is -0.486 e. The van der Waals surface area contributed by atoms with Crippen molar-refractivity contribution in [2.24, 2.45) is 0 Å². The molecule has 0 spiro atoms. The van der Waals surface area contributed by atoms with Gasteiger partial charge in [-0.3, -0.25) is 4.79 Å². The van der Waals surface area contributed by atoms with Gasteiger partial charge in [0.1, 0.15) is 6.61 Å². The molecule has 0 atom stereocenters. The summed E-state index contributed by atoms with van der Waals surface area (Å²) in [5.74, 6) is -0.243. The second kappa shape index (κ2) is 7.58. The Balaban J connectivity index is 2.19. The van der Waals surface area contributed by atoms with Crippen LogP contribution >= 0.6 is 22.6 Å². The van der Waals surface area contributed by atoms with E-state index in [2.05, 4.69) is 27.9 Å². The minimum atomic E-state index is -0.384. The smallest absolute Gasteiger partial charge is 0.224 e. The Labute approximate surface area is 143 Å². The number of anilines is 1. The molecular weight excluding hydrogens is 396 g/mol. The molecule has 5 heteroatoms. The standard InChI is InChI=1S/C17H17FINO2/c1-3-17(21)20-15-6-4-5-14(19)12(15)10-22-16-8-7-11(2)9-13(16)18/h4-9H,3,10H2,1-2H3,(H,20,21). The van der Waals surface area contributed by atoms with Crippen LogP contribution in [0.5, 0.6) is 5.75 Å². The third kappa shape index (κ3) is 4.19. The summed E-state index contributed by atoms with van der Waals surface area (Å²) >= 11 is 2.18. The predicted molar refractivity (Wildman–Crippen MR) is 93.5 cm³/mol. The van der Waals surface area contributed by atoms with Gasteiger partial charge in [0.05, 0.1) is 0 Å². The number of halogens is 2. The molecule has 3 nitrogen and oxygen atoms in total. The van der Waals surface area contributed by atoms with Crippen molar-refractivity contribution in [3.05, 3.63) is 56.9 Å². The molecule has 0 unspecified atom stereocenters. The summed E-state index contributed by atoms with van der Waals surface area (Å²) in [6, 6.07) is 10.5. The van der Waals surface area contributed by atoms with Crippen LogP contribution in [0, 0.1) is 16.3 Å². The zero-order valence-corrected chi connectivity index (χ0v) is 14.6. The quantitative estimate of drug-likeness (QED) is 0.724. The first-order valence-corrected chi connectivity index (χ1v) is 8.05. The molecule has 116 valence electrons. The van der Waals surface area contributed by atoms with E-state index in [4.69, 9.17) is 4.74 Å². The molecular formula is C17H17FINO2. The molecule has 0 saturated heterocycles. The summed E-state index contributed by atoms with van der Waals surface area (Å²) < 4.78 is 20.4. The summed E-state index contributed by atoms with van der Waals surface area (Å²) in [7, 11) is 0. The number of nitrogens with one attached hydrogen (secondary N) is 1. The van der Waals surface area contributed by atoms with Crippen molar-refractivity contribution in [1.82, 2.24) is 0 Å². The lowest BCUT2D eigenvalue weighted by Gasteiger charge is -2.14. The summed E-state index contributed by atoms with van der Waals surface area (Å²) in [4.78, 5) is 11.6. The van der Waals surface area contributed by atoms with E-state index in [1.54, 1.807) is 19.1 Å². The molecule has 0 aliphatic heterocycles. The van der Waals surface area contributed by atoms with Gasteiger partial charge in [-0.05, 0) is 59.3 Å². The molecule has 0 saturated carbocycles. The number of hydrogen-bond donors (Lipinski definition) is 1. The predicted octanol–water partition coefficient (Wildman–Crippen LogP) is 4.67. The van der Waals surface area contributed by atoms with Gasteiger partial charge in [-0.1, -0.05) is 19.1 Å². The molecule has 0 aliphatic rings. The topological polar surface area (TPSA) is 38.3 Å². The van der Waals surface area contributed by atoms with Crippen molar-refractivity contribution in [3.8, 4) is 5.75 Å². The Morgan fingerprint density at radius 1 is 1.32 bits per heavy atom. The second-order valence-corrected chi connectivity index (χ2v) is 6.05. The van der Waals surface area contributed by atoms with Gasteiger partial charge in [0.15, 0.2) is 11.6 Å². The average Bonchev–Trinajstić information content (AvgIpc) is 2.48. The van der Waals surface area contributed by atoms with Crippen molar-refractivity contribution in [3.63, 3.8) is 0 Å². The molecule has 2 aromatic rings. The maximum atomic E-state index is 13.8. The van der Waals surface area contributed by atoms with Crippen LogP contribution in [-0.2, 0) is 11.4 Å². The number of rotatable bonds is 5. The van der Waals surface area contributed by atoms with E-state index in [-0.39, 0.29) is 24.1 Å². The number of benzene rings is 2. The van der Waals surface area contributed by atoms with Gasteiger partial charge in [0, 0.05) is 21.2 Å². The number of carbonyl (C=O) groups is 1. The van der Waals surface area contributed by atoms with Crippen molar-refractivity contribution >= 4 is 34.2 Å². The lowest BCUT2D eigenvalue weighted by Crippen LogP contribution is -2.13. The van der Waals surface area contributed by atoms with Gasteiger partial charge in [-0.2, -0.15) is 0 Å². The summed E-state index contributed by atoms with van der Waals surface area (Å²) in [6.45, 7) is 3.81. The first-order valence-electron chi connectivity index (χ1n) is 6.97. The highest BCUT2D eigenvalue weighted by molar-refractivity contribution is 14.1. The van der Waals surface area contributed by atoms with E-state index in [0.29, 0.717) is 12.1 Å². The van der Waals surface area contributed by atoms with Gasteiger partial charge in [-0.25, -0.2) is 4.39 Å². The van der Waals surface area contributed by atoms with E-state index in [1.165, 1.54) is 6.07 Å². The Bertz CT molecular complexity index is 688. The average molecular weight is 413 g/mol. The Morgan fingerprint density at radius 2 is 2.09 bits per heavy atom. The Hall–Kier alpha value is -1.63. The lowest BCUT2D eigenvalue weighted by atomic mass is 10.2. The van der Waals surface area contributed by atoms with Crippen LogP contribution in [-0.4, -0.2) is 5.91 Å². The highest BCUT2D eigenvalue weighted by Crippen LogP contribution is 2.25. The van der Waals surface area contributed by atoms with Crippen molar-refractivity contribution in [1.29, 1.82) is 0 Å². The largest absolute Gasteiger partial charge is 0.486 e.